The standard InChI is InChI=1S/C13H16N2O2/c1-2-5-11(8-13(16)17)15-12-7-4-3-6-10(12)9-14/h3-4,6-7,11,15H,2,5,8H2,1H3,(H,16,17). The van der Waals surface area contributed by atoms with Gasteiger partial charge in [0.25, 0.3) is 0 Å². The van der Waals surface area contributed by atoms with E-state index in [-0.39, 0.29) is 12.5 Å². The average Bonchev–Trinajstić information content (AvgIpc) is 2.29. The first kappa shape index (κ1) is 13.0. The van der Waals surface area contributed by atoms with E-state index in [2.05, 4.69) is 11.4 Å². The molecule has 1 rings (SSSR count). The van der Waals surface area contributed by atoms with Gasteiger partial charge in [0.2, 0.25) is 0 Å². The molecule has 0 aliphatic heterocycles. The van der Waals surface area contributed by atoms with Crippen molar-refractivity contribution >= 4 is 11.7 Å². The Kier molecular flexibility index (Phi) is 5.02. The van der Waals surface area contributed by atoms with Crippen molar-refractivity contribution in [2.24, 2.45) is 0 Å². The van der Waals surface area contributed by atoms with E-state index in [0.717, 1.165) is 12.8 Å². The summed E-state index contributed by atoms with van der Waals surface area (Å²) < 4.78 is 0. The third kappa shape index (κ3) is 4.15. The fourth-order valence-corrected chi connectivity index (χ4v) is 1.71. The van der Waals surface area contributed by atoms with Crippen molar-refractivity contribution in [3.8, 4) is 6.07 Å². The molecule has 0 saturated heterocycles. The first-order valence-electron chi connectivity index (χ1n) is 5.64. The van der Waals surface area contributed by atoms with Gasteiger partial charge in [-0.2, -0.15) is 5.26 Å². The number of para-hydroxylation sites is 1. The molecule has 4 nitrogen and oxygen atoms in total. The van der Waals surface area contributed by atoms with Gasteiger partial charge in [0, 0.05) is 6.04 Å². The van der Waals surface area contributed by atoms with Crippen LogP contribution in [-0.4, -0.2) is 17.1 Å². The van der Waals surface area contributed by atoms with E-state index in [0.29, 0.717) is 11.3 Å². The summed E-state index contributed by atoms with van der Waals surface area (Å²) >= 11 is 0. The molecule has 0 bridgehead atoms. The minimum atomic E-state index is -0.828. The zero-order valence-electron chi connectivity index (χ0n) is 9.81. The van der Waals surface area contributed by atoms with Crippen LogP contribution >= 0.6 is 0 Å². The fraction of sp³-hybridized carbons (Fsp3) is 0.385. The maximum atomic E-state index is 10.7. The van der Waals surface area contributed by atoms with Crippen molar-refractivity contribution < 1.29 is 9.90 Å². The SMILES string of the molecule is CCCC(CC(=O)O)Nc1ccccc1C#N. The monoisotopic (exact) mass is 232 g/mol. The van der Waals surface area contributed by atoms with Crippen LogP contribution in [0.5, 0.6) is 0 Å². The third-order valence-electron chi connectivity index (χ3n) is 2.47. The number of carboxylic acid groups (broad SMARTS) is 1. The Morgan fingerprint density at radius 1 is 1.53 bits per heavy atom. The summed E-state index contributed by atoms with van der Waals surface area (Å²) in [6.45, 7) is 2.01. The second-order valence-corrected chi connectivity index (χ2v) is 3.89. The van der Waals surface area contributed by atoms with Crippen LogP contribution in [0.25, 0.3) is 0 Å². The second kappa shape index (κ2) is 6.54. The quantitative estimate of drug-likeness (QED) is 0.790. The topological polar surface area (TPSA) is 73.1 Å². The van der Waals surface area contributed by atoms with Gasteiger partial charge in [-0.25, -0.2) is 0 Å². The molecule has 90 valence electrons. The Labute approximate surface area is 101 Å². The van der Waals surface area contributed by atoms with E-state index in [9.17, 15) is 4.79 Å². The van der Waals surface area contributed by atoms with Gasteiger partial charge in [0.15, 0.2) is 0 Å². The van der Waals surface area contributed by atoms with Crippen molar-refractivity contribution in [3.63, 3.8) is 0 Å². The zero-order chi connectivity index (χ0) is 12.7. The molecule has 1 atom stereocenters. The lowest BCUT2D eigenvalue weighted by Gasteiger charge is -2.18. The van der Waals surface area contributed by atoms with E-state index in [4.69, 9.17) is 10.4 Å². The normalized spacial score (nSPS) is 11.5. The van der Waals surface area contributed by atoms with Crippen LogP contribution in [0.2, 0.25) is 0 Å². The zero-order valence-corrected chi connectivity index (χ0v) is 9.81. The molecule has 17 heavy (non-hydrogen) atoms. The highest BCUT2D eigenvalue weighted by molar-refractivity contribution is 5.68. The number of nitriles is 1. The Balaban J connectivity index is 2.78. The average molecular weight is 232 g/mol. The molecule has 0 spiro atoms. The van der Waals surface area contributed by atoms with Crippen LogP contribution in [0.1, 0.15) is 31.7 Å². The van der Waals surface area contributed by atoms with Gasteiger partial charge in [-0.05, 0) is 18.6 Å². The molecule has 1 aromatic rings. The predicted molar refractivity (Wildman–Crippen MR) is 65.7 cm³/mol. The van der Waals surface area contributed by atoms with E-state index >= 15 is 0 Å². The van der Waals surface area contributed by atoms with Crippen LogP contribution in [0.4, 0.5) is 5.69 Å². The van der Waals surface area contributed by atoms with Crippen molar-refractivity contribution in [1.29, 1.82) is 5.26 Å². The first-order chi connectivity index (χ1) is 8.17. The summed E-state index contributed by atoms with van der Waals surface area (Å²) in [6.07, 6.45) is 1.74. The van der Waals surface area contributed by atoms with Crippen molar-refractivity contribution in [3.05, 3.63) is 29.8 Å². The second-order valence-electron chi connectivity index (χ2n) is 3.89. The van der Waals surface area contributed by atoms with Crippen molar-refractivity contribution in [2.75, 3.05) is 5.32 Å². The molecule has 2 N–H and O–H groups in total. The molecule has 0 aliphatic rings. The number of nitrogens with zero attached hydrogens (tertiary/aromatic N) is 1. The van der Waals surface area contributed by atoms with Crippen molar-refractivity contribution in [2.45, 2.75) is 32.2 Å². The first-order valence-corrected chi connectivity index (χ1v) is 5.64. The van der Waals surface area contributed by atoms with Crippen LogP contribution in [-0.2, 0) is 4.79 Å². The summed E-state index contributed by atoms with van der Waals surface area (Å²) in [5.41, 5.74) is 1.24. The summed E-state index contributed by atoms with van der Waals surface area (Å²) in [7, 11) is 0. The number of carboxylic acids is 1. The van der Waals surface area contributed by atoms with Crippen LogP contribution in [0, 0.1) is 11.3 Å². The molecule has 1 unspecified atom stereocenters. The van der Waals surface area contributed by atoms with E-state index < -0.39 is 5.97 Å². The highest BCUT2D eigenvalue weighted by atomic mass is 16.4. The molecular formula is C13H16N2O2. The third-order valence-corrected chi connectivity index (χ3v) is 2.47. The van der Waals surface area contributed by atoms with E-state index in [1.54, 1.807) is 18.2 Å². The van der Waals surface area contributed by atoms with Crippen molar-refractivity contribution in [1.82, 2.24) is 0 Å². The number of hydrogen-bond donors (Lipinski definition) is 2. The predicted octanol–water partition coefficient (Wildman–Crippen LogP) is 2.61. The van der Waals surface area contributed by atoms with Gasteiger partial charge in [-0.1, -0.05) is 25.5 Å². The number of hydrogen-bond acceptors (Lipinski definition) is 3. The molecule has 0 heterocycles. The van der Waals surface area contributed by atoms with Crippen LogP contribution in [0.3, 0.4) is 0 Å². The van der Waals surface area contributed by atoms with E-state index in [1.165, 1.54) is 0 Å². The van der Waals surface area contributed by atoms with Gasteiger partial charge >= 0.3 is 5.97 Å². The molecule has 0 radical (unpaired) electrons. The Morgan fingerprint density at radius 2 is 2.24 bits per heavy atom. The smallest absolute Gasteiger partial charge is 0.305 e. The molecule has 0 saturated carbocycles. The lowest BCUT2D eigenvalue weighted by atomic mass is 10.1. The minimum absolute atomic E-state index is 0.0631. The fourth-order valence-electron chi connectivity index (χ4n) is 1.71. The summed E-state index contributed by atoms with van der Waals surface area (Å²) in [5, 5.41) is 20.9. The lowest BCUT2D eigenvalue weighted by Crippen LogP contribution is -2.23. The lowest BCUT2D eigenvalue weighted by molar-refractivity contribution is -0.137. The summed E-state index contributed by atoms with van der Waals surface area (Å²) in [5.74, 6) is -0.828. The maximum Gasteiger partial charge on any atom is 0.305 e. The molecule has 0 amide bonds. The Bertz CT molecular complexity index is 424. The minimum Gasteiger partial charge on any atom is -0.481 e. The molecule has 0 aromatic heterocycles. The van der Waals surface area contributed by atoms with Gasteiger partial charge < -0.3 is 10.4 Å². The maximum absolute atomic E-state index is 10.7. The van der Waals surface area contributed by atoms with Crippen LogP contribution in [0.15, 0.2) is 24.3 Å². The molecule has 0 fully saturated rings. The summed E-state index contributed by atoms with van der Waals surface area (Å²) in [6, 6.07) is 9.08. The van der Waals surface area contributed by atoms with Gasteiger partial charge in [-0.15, -0.1) is 0 Å². The Morgan fingerprint density at radius 3 is 2.82 bits per heavy atom. The number of anilines is 1. The largest absolute Gasteiger partial charge is 0.481 e. The molecular weight excluding hydrogens is 216 g/mol. The number of carbonyl (C=O) groups is 1. The number of aliphatic carboxylic acids is 1. The molecule has 1 aromatic carbocycles. The highest BCUT2D eigenvalue weighted by Crippen LogP contribution is 2.17. The highest BCUT2D eigenvalue weighted by Gasteiger charge is 2.13. The Hall–Kier alpha value is -2.02. The van der Waals surface area contributed by atoms with Crippen LogP contribution < -0.4 is 5.32 Å². The van der Waals surface area contributed by atoms with Gasteiger partial charge in [-0.3, -0.25) is 4.79 Å². The number of nitrogens with one attached hydrogen (secondary N) is 1. The van der Waals surface area contributed by atoms with Gasteiger partial charge in [0.1, 0.15) is 6.07 Å². The number of rotatable bonds is 6. The molecule has 0 aliphatic carbocycles. The number of benzene rings is 1. The van der Waals surface area contributed by atoms with Gasteiger partial charge in [0.05, 0.1) is 17.7 Å². The summed E-state index contributed by atoms with van der Waals surface area (Å²) in [4.78, 5) is 10.7. The molecule has 4 heteroatoms. The van der Waals surface area contributed by atoms with E-state index in [1.807, 2.05) is 13.0 Å².